The molecule has 1 atom stereocenters. The molecule has 0 aromatic heterocycles. The van der Waals surface area contributed by atoms with Crippen molar-refractivity contribution in [3.05, 3.63) is 28.7 Å². The highest BCUT2D eigenvalue weighted by atomic mass is 79.9. The summed E-state index contributed by atoms with van der Waals surface area (Å²) in [6.07, 6.45) is 1.29. The van der Waals surface area contributed by atoms with E-state index in [0.717, 1.165) is 22.8 Å². The van der Waals surface area contributed by atoms with Gasteiger partial charge in [0.2, 0.25) is 0 Å². The van der Waals surface area contributed by atoms with Crippen LogP contribution in [-0.2, 0) is 0 Å². The molecule has 0 bridgehead atoms. The van der Waals surface area contributed by atoms with Crippen molar-refractivity contribution in [3.8, 4) is 0 Å². The maximum Gasteiger partial charge on any atom is 0.0341 e. The van der Waals surface area contributed by atoms with Gasteiger partial charge in [0.15, 0.2) is 0 Å². The first-order valence-corrected chi connectivity index (χ1v) is 8.45. The number of hydrogen-bond acceptors (Lipinski definition) is 3. The van der Waals surface area contributed by atoms with Crippen molar-refractivity contribution in [2.75, 3.05) is 37.2 Å². The minimum absolute atomic E-state index is 0.839. The first-order chi connectivity index (χ1) is 8.78. The predicted octanol–water partition coefficient (Wildman–Crippen LogP) is 3.69. The minimum Gasteiger partial charge on any atom is -0.384 e. The molecular weight excluding hydrogens is 308 g/mol. The lowest BCUT2D eigenvalue weighted by Crippen LogP contribution is -2.40. The Kier molecular flexibility index (Phi) is 5.86. The fourth-order valence-electron chi connectivity index (χ4n) is 2.16. The van der Waals surface area contributed by atoms with E-state index in [1.807, 2.05) is 0 Å². The van der Waals surface area contributed by atoms with E-state index in [1.165, 1.54) is 31.0 Å². The first kappa shape index (κ1) is 14.2. The normalized spacial score (nSPS) is 20.9. The summed E-state index contributed by atoms with van der Waals surface area (Å²) in [5, 5.41) is 4.32. The van der Waals surface area contributed by atoms with Crippen LogP contribution in [0.1, 0.15) is 13.3 Å². The van der Waals surface area contributed by atoms with Crippen LogP contribution in [-0.4, -0.2) is 42.1 Å². The Hall–Kier alpha value is -0.190. The van der Waals surface area contributed by atoms with Gasteiger partial charge in [0.1, 0.15) is 0 Å². The number of benzene rings is 1. The molecule has 0 saturated carbocycles. The fourth-order valence-corrected chi connectivity index (χ4v) is 3.67. The van der Waals surface area contributed by atoms with Gasteiger partial charge in [-0.25, -0.2) is 0 Å². The van der Waals surface area contributed by atoms with Crippen LogP contribution < -0.4 is 5.32 Å². The highest BCUT2D eigenvalue weighted by Crippen LogP contribution is 2.20. The third kappa shape index (κ3) is 4.48. The Morgan fingerprint density at radius 1 is 1.39 bits per heavy atom. The number of nitrogens with one attached hydrogen (secondary N) is 1. The van der Waals surface area contributed by atoms with Gasteiger partial charge in [-0.15, -0.1) is 0 Å². The number of anilines is 1. The zero-order valence-electron chi connectivity index (χ0n) is 10.9. The van der Waals surface area contributed by atoms with Gasteiger partial charge in [0, 0.05) is 47.3 Å². The van der Waals surface area contributed by atoms with E-state index in [0.29, 0.717) is 0 Å². The van der Waals surface area contributed by atoms with Crippen LogP contribution in [0.3, 0.4) is 0 Å². The second kappa shape index (κ2) is 7.41. The lowest BCUT2D eigenvalue weighted by Gasteiger charge is -2.31. The number of halogens is 1. The second-order valence-corrected chi connectivity index (χ2v) is 6.96. The van der Waals surface area contributed by atoms with Gasteiger partial charge in [-0.3, -0.25) is 4.90 Å². The van der Waals surface area contributed by atoms with Crippen molar-refractivity contribution in [3.63, 3.8) is 0 Å². The molecule has 2 rings (SSSR count). The molecular formula is C14H21BrN2S. The van der Waals surface area contributed by atoms with E-state index in [9.17, 15) is 0 Å². The molecule has 1 heterocycles. The molecule has 1 aliphatic heterocycles. The van der Waals surface area contributed by atoms with Crippen molar-refractivity contribution in [1.29, 1.82) is 0 Å². The average Bonchev–Trinajstić information content (AvgIpc) is 2.41. The molecule has 1 N–H and O–H groups in total. The lowest BCUT2D eigenvalue weighted by atomic mass is 10.3. The summed E-state index contributed by atoms with van der Waals surface area (Å²) in [6.45, 7) is 6.96. The molecule has 4 heteroatoms. The molecule has 2 nitrogen and oxygen atoms in total. The molecule has 1 aliphatic rings. The third-order valence-electron chi connectivity index (χ3n) is 3.28. The summed E-state index contributed by atoms with van der Waals surface area (Å²) in [4.78, 5) is 2.58. The summed E-state index contributed by atoms with van der Waals surface area (Å²) >= 11 is 5.58. The molecule has 1 aromatic rings. The van der Waals surface area contributed by atoms with Gasteiger partial charge in [-0.2, -0.15) is 11.8 Å². The largest absolute Gasteiger partial charge is 0.384 e. The Morgan fingerprint density at radius 2 is 2.17 bits per heavy atom. The van der Waals surface area contributed by atoms with Gasteiger partial charge in [-0.1, -0.05) is 22.9 Å². The Bertz CT molecular complexity index is 355. The van der Waals surface area contributed by atoms with E-state index in [1.54, 1.807) is 0 Å². The van der Waals surface area contributed by atoms with Crippen LogP contribution in [0.5, 0.6) is 0 Å². The third-order valence-corrected chi connectivity index (χ3v) is 5.18. The molecule has 0 aliphatic carbocycles. The summed E-state index contributed by atoms with van der Waals surface area (Å²) in [6, 6.07) is 8.38. The van der Waals surface area contributed by atoms with Gasteiger partial charge < -0.3 is 5.32 Å². The maximum atomic E-state index is 3.48. The molecule has 0 spiro atoms. The lowest BCUT2D eigenvalue weighted by molar-refractivity contribution is 0.292. The number of rotatable bonds is 5. The van der Waals surface area contributed by atoms with Gasteiger partial charge in [0.25, 0.3) is 0 Å². The Morgan fingerprint density at radius 3 is 2.89 bits per heavy atom. The molecule has 1 saturated heterocycles. The van der Waals surface area contributed by atoms with Crippen LogP contribution in [0.15, 0.2) is 28.7 Å². The molecule has 18 heavy (non-hydrogen) atoms. The highest BCUT2D eigenvalue weighted by Gasteiger charge is 2.17. The zero-order valence-corrected chi connectivity index (χ0v) is 13.3. The van der Waals surface area contributed by atoms with E-state index in [4.69, 9.17) is 0 Å². The maximum absolute atomic E-state index is 3.48. The van der Waals surface area contributed by atoms with Crippen LogP contribution in [0, 0.1) is 0 Å². The molecule has 100 valence electrons. The molecule has 0 amide bonds. The molecule has 1 fully saturated rings. The van der Waals surface area contributed by atoms with Crippen LogP contribution in [0.4, 0.5) is 5.69 Å². The zero-order chi connectivity index (χ0) is 12.8. The quantitative estimate of drug-likeness (QED) is 0.887. The standard InChI is InChI=1S/C14H21BrN2S/c1-2-14-11-17(9-10-18-14)8-7-16-13-5-3-12(15)4-6-13/h3-6,14,16H,2,7-11H2,1H3. The van der Waals surface area contributed by atoms with E-state index in [2.05, 4.69) is 69.1 Å². The van der Waals surface area contributed by atoms with Crippen LogP contribution in [0.2, 0.25) is 0 Å². The predicted molar refractivity (Wildman–Crippen MR) is 85.6 cm³/mol. The van der Waals surface area contributed by atoms with E-state index >= 15 is 0 Å². The number of thioether (sulfide) groups is 1. The van der Waals surface area contributed by atoms with Gasteiger partial charge >= 0.3 is 0 Å². The van der Waals surface area contributed by atoms with Gasteiger partial charge in [-0.05, 0) is 30.7 Å². The Labute approximate surface area is 123 Å². The summed E-state index contributed by atoms with van der Waals surface area (Å²) < 4.78 is 1.13. The van der Waals surface area contributed by atoms with Crippen molar-refractivity contribution in [2.24, 2.45) is 0 Å². The highest BCUT2D eigenvalue weighted by molar-refractivity contribution is 9.10. The SMILES string of the molecule is CCC1CN(CCNc2ccc(Br)cc2)CCS1. The molecule has 1 aromatic carbocycles. The summed E-state index contributed by atoms with van der Waals surface area (Å²) in [5.41, 5.74) is 1.21. The Balaban J connectivity index is 1.70. The minimum atomic E-state index is 0.839. The van der Waals surface area contributed by atoms with Crippen molar-refractivity contribution >= 4 is 33.4 Å². The number of nitrogens with zero attached hydrogens (tertiary/aromatic N) is 1. The monoisotopic (exact) mass is 328 g/mol. The number of hydrogen-bond donors (Lipinski definition) is 1. The summed E-state index contributed by atoms with van der Waals surface area (Å²) in [5.74, 6) is 1.29. The topological polar surface area (TPSA) is 15.3 Å². The molecule has 0 radical (unpaired) electrons. The second-order valence-electron chi connectivity index (χ2n) is 4.64. The average molecular weight is 329 g/mol. The van der Waals surface area contributed by atoms with Crippen molar-refractivity contribution in [1.82, 2.24) is 4.90 Å². The molecule has 1 unspecified atom stereocenters. The van der Waals surface area contributed by atoms with Gasteiger partial charge in [0.05, 0.1) is 0 Å². The summed E-state index contributed by atoms with van der Waals surface area (Å²) in [7, 11) is 0. The smallest absolute Gasteiger partial charge is 0.0341 e. The fraction of sp³-hybridized carbons (Fsp3) is 0.571. The van der Waals surface area contributed by atoms with Crippen LogP contribution >= 0.6 is 27.7 Å². The van der Waals surface area contributed by atoms with Crippen LogP contribution in [0.25, 0.3) is 0 Å². The van der Waals surface area contributed by atoms with Crippen molar-refractivity contribution in [2.45, 2.75) is 18.6 Å². The van der Waals surface area contributed by atoms with E-state index < -0.39 is 0 Å². The van der Waals surface area contributed by atoms with E-state index in [-0.39, 0.29) is 0 Å². The first-order valence-electron chi connectivity index (χ1n) is 6.61. The van der Waals surface area contributed by atoms with Crippen molar-refractivity contribution < 1.29 is 0 Å².